The minimum Gasteiger partial charge on any atom is -0.338 e. The van der Waals surface area contributed by atoms with E-state index in [9.17, 15) is 4.79 Å². The number of aromatic nitrogens is 3. The van der Waals surface area contributed by atoms with Crippen molar-refractivity contribution in [1.82, 2.24) is 19.9 Å². The van der Waals surface area contributed by atoms with Crippen LogP contribution in [-0.2, 0) is 4.79 Å². The fraction of sp³-hybridized carbons (Fsp3) is 0.526. The number of carbonyl (C=O) groups excluding carboxylic acids is 1. The van der Waals surface area contributed by atoms with E-state index >= 15 is 0 Å². The molecule has 5 nitrogen and oxygen atoms in total. The second kappa shape index (κ2) is 6.75. The summed E-state index contributed by atoms with van der Waals surface area (Å²) in [7, 11) is 0. The van der Waals surface area contributed by atoms with Crippen LogP contribution in [0.4, 0.5) is 0 Å². The largest absolute Gasteiger partial charge is 0.338 e. The Morgan fingerprint density at radius 3 is 2.58 bits per heavy atom. The number of benzene rings is 1. The van der Waals surface area contributed by atoms with E-state index in [0.29, 0.717) is 11.8 Å². The van der Waals surface area contributed by atoms with Gasteiger partial charge in [-0.25, -0.2) is 4.68 Å². The molecule has 0 radical (unpaired) electrons. The maximum atomic E-state index is 12.4. The molecule has 1 aromatic heterocycles. The van der Waals surface area contributed by atoms with E-state index < -0.39 is 0 Å². The van der Waals surface area contributed by atoms with Gasteiger partial charge < -0.3 is 4.90 Å². The summed E-state index contributed by atoms with van der Waals surface area (Å²) in [4.78, 5) is 14.4. The first-order valence-electron chi connectivity index (χ1n) is 9.04. The van der Waals surface area contributed by atoms with Crippen LogP contribution in [0.2, 0.25) is 0 Å². The van der Waals surface area contributed by atoms with E-state index in [1.165, 1.54) is 32.1 Å². The molecule has 0 N–H and O–H groups in total. The van der Waals surface area contributed by atoms with Gasteiger partial charge in [-0.15, -0.1) is 5.10 Å². The molecule has 5 heteroatoms. The molecule has 1 saturated carbocycles. The molecule has 2 fully saturated rings. The molecule has 1 aliphatic carbocycles. The number of hydrogen-bond acceptors (Lipinski definition) is 3. The second-order valence-corrected chi connectivity index (χ2v) is 7.11. The highest BCUT2D eigenvalue weighted by molar-refractivity contribution is 5.77. The third-order valence-electron chi connectivity index (χ3n) is 5.36. The quantitative estimate of drug-likeness (QED) is 0.867. The Morgan fingerprint density at radius 1 is 1.08 bits per heavy atom. The molecule has 1 saturated heterocycles. The first-order chi connectivity index (χ1) is 11.8. The van der Waals surface area contributed by atoms with Crippen molar-refractivity contribution in [3.63, 3.8) is 0 Å². The fourth-order valence-corrected chi connectivity index (χ4v) is 3.79. The van der Waals surface area contributed by atoms with E-state index in [2.05, 4.69) is 10.3 Å². The zero-order valence-electron chi connectivity index (χ0n) is 14.0. The molecular formula is C19H24N4O. The molecule has 1 aromatic carbocycles. The molecule has 2 heterocycles. The van der Waals surface area contributed by atoms with Gasteiger partial charge in [-0.05, 0) is 18.8 Å². The monoisotopic (exact) mass is 324 g/mol. The van der Waals surface area contributed by atoms with Crippen LogP contribution >= 0.6 is 0 Å². The Kier molecular flexibility index (Phi) is 4.32. The summed E-state index contributed by atoms with van der Waals surface area (Å²) >= 11 is 0. The molecule has 126 valence electrons. The highest BCUT2D eigenvalue weighted by atomic mass is 16.2. The van der Waals surface area contributed by atoms with Crippen molar-refractivity contribution < 1.29 is 4.79 Å². The minimum atomic E-state index is 0.269. The van der Waals surface area contributed by atoms with Crippen LogP contribution in [0.25, 0.3) is 11.3 Å². The van der Waals surface area contributed by atoms with E-state index in [0.717, 1.165) is 30.8 Å². The van der Waals surface area contributed by atoms with Crippen LogP contribution in [0.1, 0.15) is 44.6 Å². The van der Waals surface area contributed by atoms with Gasteiger partial charge >= 0.3 is 0 Å². The second-order valence-electron chi connectivity index (χ2n) is 7.11. The van der Waals surface area contributed by atoms with E-state index in [1.54, 1.807) is 0 Å². The Hall–Kier alpha value is -2.17. The van der Waals surface area contributed by atoms with Crippen LogP contribution in [0.15, 0.2) is 36.5 Å². The Labute approximate surface area is 142 Å². The number of rotatable bonds is 4. The summed E-state index contributed by atoms with van der Waals surface area (Å²) < 4.78 is 1.91. The Morgan fingerprint density at radius 2 is 1.83 bits per heavy atom. The van der Waals surface area contributed by atoms with Crippen LogP contribution in [0, 0.1) is 5.92 Å². The summed E-state index contributed by atoms with van der Waals surface area (Å²) in [5.74, 6) is 0.933. The SMILES string of the molecule is O=C(CC1CCCCC1)N1CC(n2cc(-c3ccccc3)nn2)C1. The summed E-state index contributed by atoms with van der Waals surface area (Å²) in [6, 6.07) is 10.3. The van der Waals surface area contributed by atoms with Crippen LogP contribution in [-0.4, -0.2) is 38.9 Å². The van der Waals surface area contributed by atoms with E-state index in [-0.39, 0.29) is 6.04 Å². The van der Waals surface area contributed by atoms with Crippen molar-refractivity contribution in [2.45, 2.75) is 44.6 Å². The van der Waals surface area contributed by atoms with Gasteiger partial charge in [0.2, 0.25) is 5.91 Å². The number of likely N-dealkylation sites (tertiary alicyclic amines) is 1. The van der Waals surface area contributed by atoms with Crippen molar-refractivity contribution in [2.75, 3.05) is 13.1 Å². The molecule has 0 bridgehead atoms. The zero-order valence-corrected chi connectivity index (χ0v) is 14.0. The van der Waals surface area contributed by atoms with Crippen molar-refractivity contribution >= 4 is 5.91 Å². The van der Waals surface area contributed by atoms with Crippen molar-refractivity contribution in [1.29, 1.82) is 0 Å². The summed E-state index contributed by atoms with van der Waals surface area (Å²) in [6.45, 7) is 1.53. The average Bonchev–Trinajstić information content (AvgIpc) is 3.05. The highest BCUT2D eigenvalue weighted by Crippen LogP contribution is 2.29. The third-order valence-corrected chi connectivity index (χ3v) is 5.36. The predicted molar refractivity (Wildman–Crippen MR) is 92.3 cm³/mol. The molecule has 0 atom stereocenters. The fourth-order valence-electron chi connectivity index (χ4n) is 3.79. The average molecular weight is 324 g/mol. The highest BCUT2D eigenvalue weighted by Gasteiger charge is 2.33. The van der Waals surface area contributed by atoms with Gasteiger partial charge in [-0.1, -0.05) is 54.8 Å². The minimum absolute atomic E-state index is 0.269. The standard InChI is InChI=1S/C19H24N4O/c24-19(11-15-7-3-1-4-8-15)22-12-17(13-22)23-14-18(20-21-23)16-9-5-2-6-10-16/h2,5-6,9-10,14-15,17H,1,3-4,7-8,11-13H2. The predicted octanol–water partition coefficient (Wildman–Crippen LogP) is 3.30. The van der Waals surface area contributed by atoms with Gasteiger partial charge in [0.25, 0.3) is 0 Å². The van der Waals surface area contributed by atoms with Gasteiger partial charge in [0, 0.05) is 25.1 Å². The first-order valence-corrected chi connectivity index (χ1v) is 9.04. The molecule has 1 aliphatic heterocycles. The normalized spacial score (nSPS) is 19.2. The van der Waals surface area contributed by atoms with Crippen LogP contribution in [0.5, 0.6) is 0 Å². The number of hydrogen-bond donors (Lipinski definition) is 0. The molecule has 2 aliphatic rings. The van der Waals surface area contributed by atoms with Crippen LogP contribution in [0.3, 0.4) is 0 Å². The summed E-state index contributed by atoms with van der Waals surface area (Å²) in [5.41, 5.74) is 1.97. The van der Waals surface area contributed by atoms with Gasteiger partial charge in [0.15, 0.2) is 0 Å². The zero-order chi connectivity index (χ0) is 16.4. The molecule has 0 unspecified atom stereocenters. The first kappa shape index (κ1) is 15.4. The third kappa shape index (κ3) is 3.21. The van der Waals surface area contributed by atoms with Crippen molar-refractivity contribution in [3.05, 3.63) is 36.5 Å². The lowest BCUT2D eigenvalue weighted by molar-refractivity contribution is -0.138. The smallest absolute Gasteiger partial charge is 0.222 e. The lowest BCUT2D eigenvalue weighted by atomic mass is 9.86. The molecule has 4 rings (SSSR count). The van der Waals surface area contributed by atoms with Crippen molar-refractivity contribution in [3.8, 4) is 11.3 Å². The van der Waals surface area contributed by atoms with Gasteiger partial charge in [-0.3, -0.25) is 4.79 Å². The van der Waals surface area contributed by atoms with Gasteiger partial charge in [0.1, 0.15) is 5.69 Å². The van der Waals surface area contributed by atoms with Crippen molar-refractivity contribution in [2.24, 2.45) is 5.92 Å². The molecule has 1 amide bonds. The van der Waals surface area contributed by atoms with Gasteiger partial charge in [0.05, 0.1) is 12.2 Å². The molecule has 2 aromatic rings. The lowest BCUT2D eigenvalue weighted by Gasteiger charge is -2.39. The summed E-state index contributed by atoms with van der Waals surface area (Å²) in [6.07, 6.45) is 9.11. The number of nitrogens with zero attached hydrogens (tertiary/aromatic N) is 4. The van der Waals surface area contributed by atoms with Crippen LogP contribution < -0.4 is 0 Å². The maximum Gasteiger partial charge on any atom is 0.222 e. The Bertz CT molecular complexity index is 684. The topological polar surface area (TPSA) is 51.0 Å². The summed E-state index contributed by atoms with van der Waals surface area (Å²) in [5, 5.41) is 8.52. The number of amides is 1. The lowest BCUT2D eigenvalue weighted by Crippen LogP contribution is -2.51. The maximum absolute atomic E-state index is 12.4. The molecule has 0 spiro atoms. The van der Waals surface area contributed by atoms with E-state index in [1.807, 2.05) is 46.1 Å². The van der Waals surface area contributed by atoms with Gasteiger partial charge in [-0.2, -0.15) is 0 Å². The number of carbonyl (C=O) groups is 1. The molecule has 24 heavy (non-hydrogen) atoms. The Balaban J connectivity index is 1.31. The van der Waals surface area contributed by atoms with E-state index in [4.69, 9.17) is 0 Å². The molecular weight excluding hydrogens is 300 g/mol.